The SMILES string of the molecule is C[C@H]1C2CC(S(=O)(=O)c3cc(C(=O)Nc4cc(F)c(F)c(F)c4)ccc3Cl)CC1[C@@]2(O)CO[C@@H]1C[C@@H](O)[C@@H](O)C1. The first-order chi connectivity index (χ1) is 18.7. The highest BCUT2D eigenvalue weighted by atomic mass is 35.5. The van der Waals surface area contributed by atoms with Gasteiger partial charge in [-0.2, -0.15) is 0 Å². The highest BCUT2D eigenvalue weighted by Gasteiger charge is 2.64. The van der Waals surface area contributed by atoms with Crippen molar-refractivity contribution in [3.8, 4) is 0 Å². The Balaban J connectivity index is 1.30. The monoisotopic (exact) mass is 603 g/mol. The quantitative estimate of drug-likeness (QED) is 0.356. The molecule has 2 aromatic rings. The maximum Gasteiger partial charge on any atom is 0.255 e. The number of benzene rings is 2. The van der Waals surface area contributed by atoms with Crippen molar-refractivity contribution in [1.29, 1.82) is 0 Å². The molecule has 4 N–H and O–H groups in total. The van der Waals surface area contributed by atoms with Crippen LogP contribution in [0.2, 0.25) is 5.02 Å². The van der Waals surface area contributed by atoms with E-state index in [0.29, 0.717) is 12.1 Å². The van der Waals surface area contributed by atoms with Gasteiger partial charge in [-0.25, -0.2) is 21.6 Å². The van der Waals surface area contributed by atoms with Crippen LogP contribution < -0.4 is 5.32 Å². The summed E-state index contributed by atoms with van der Waals surface area (Å²) in [5.41, 5.74) is -1.74. The van der Waals surface area contributed by atoms with Crippen molar-refractivity contribution in [2.45, 2.75) is 66.7 Å². The summed E-state index contributed by atoms with van der Waals surface area (Å²) in [6.45, 7) is 1.90. The molecule has 4 aliphatic rings. The number of sulfone groups is 1. The van der Waals surface area contributed by atoms with Crippen molar-refractivity contribution in [3.63, 3.8) is 0 Å². The molecule has 0 heterocycles. The van der Waals surface area contributed by atoms with Crippen molar-refractivity contribution < 1.29 is 46.4 Å². The normalized spacial score (nSPS) is 33.5. The Hall–Kier alpha value is -2.22. The number of carbonyl (C=O) groups is 1. The molecule has 0 aromatic heterocycles. The number of anilines is 1. The van der Waals surface area contributed by atoms with Crippen LogP contribution in [0.3, 0.4) is 0 Å². The first-order valence-corrected chi connectivity index (χ1v) is 14.8. The van der Waals surface area contributed by atoms with E-state index in [1.54, 1.807) is 0 Å². The van der Waals surface area contributed by atoms with Crippen molar-refractivity contribution in [3.05, 3.63) is 58.4 Å². The maximum atomic E-state index is 13.7. The zero-order chi connectivity index (χ0) is 29.1. The van der Waals surface area contributed by atoms with E-state index in [1.807, 2.05) is 6.92 Å². The van der Waals surface area contributed by atoms with Crippen molar-refractivity contribution in [2.75, 3.05) is 11.9 Å². The number of carbonyl (C=O) groups excluding carboxylic acids is 1. The number of rotatable bonds is 7. The van der Waals surface area contributed by atoms with Crippen LogP contribution in [0.5, 0.6) is 0 Å². The lowest BCUT2D eigenvalue weighted by Crippen LogP contribution is -2.69. The van der Waals surface area contributed by atoms with Crippen LogP contribution in [-0.2, 0) is 14.6 Å². The van der Waals surface area contributed by atoms with Gasteiger partial charge in [0.1, 0.15) is 0 Å². The molecule has 0 spiro atoms. The van der Waals surface area contributed by atoms with Gasteiger partial charge in [0, 0.05) is 36.2 Å². The van der Waals surface area contributed by atoms with E-state index in [4.69, 9.17) is 16.3 Å². The molecule has 1 amide bonds. The van der Waals surface area contributed by atoms with E-state index in [0.717, 1.165) is 6.07 Å². The number of amides is 1. The molecule has 0 saturated heterocycles. The standard InChI is InChI=1S/C27H29ClF3NO7S/c1-12-17-9-16(10-18(12)27(17,36)11-39-15-7-22(33)23(34)8-15)40(37,38)24-4-13(2-3-19(24)28)26(35)32-14-5-20(29)25(31)21(30)6-14/h2-6,12,15-18,22-23,33-34,36H,7-11H2,1H3,(H,32,35)/t12-,15-,16?,17?,18?,22-,23+,27+. The van der Waals surface area contributed by atoms with Crippen molar-refractivity contribution >= 4 is 33.0 Å². The highest BCUT2D eigenvalue weighted by molar-refractivity contribution is 7.92. The first kappa shape index (κ1) is 29.3. The predicted octanol–water partition coefficient (Wildman–Crippen LogP) is 3.46. The van der Waals surface area contributed by atoms with Gasteiger partial charge in [0.05, 0.1) is 45.7 Å². The van der Waals surface area contributed by atoms with E-state index in [-0.39, 0.29) is 71.2 Å². The van der Waals surface area contributed by atoms with Crippen LogP contribution in [-0.4, -0.2) is 65.4 Å². The summed E-state index contributed by atoms with van der Waals surface area (Å²) in [6, 6.07) is 4.76. The summed E-state index contributed by atoms with van der Waals surface area (Å²) in [6.07, 6.45) is -1.38. The van der Waals surface area contributed by atoms with Gasteiger partial charge in [-0.15, -0.1) is 0 Å². The molecule has 2 bridgehead atoms. The van der Waals surface area contributed by atoms with Crippen LogP contribution in [0.15, 0.2) is 35.2 Å². The smallest absolute Gasteiger partial charge is 0.255 e. The van der Waals surface area contributed by atoms with E-state index in [1.165, 1.54) is 12.1 Å². The second kappa shape index (κ2) is 10.6. The molecule has 218 valence electrons. The fraction of sp³-hybridized carbons (Fsp3) is 0.519. The summed E-state index contributed by atoms with van der Waals surface area (Å²) in [7, 11) is -4.06. The van der Waals surface area contributed by atoms with Crippen LogP contribution in [0.4, 0.5) is 18.9 Å². The summed E-state index contributed by atoms with van der Waals surface area (Å²) in [4.78, 5) is 12.4. The average Bonchev–Trinajstić information content (AvgIpc) is 3.23. The molecule has 13 heteroatoms. The summed E-state index contributed by atoms with van der Waals surface area (Å²) in [5.74, 6) is -6.28. The fourth-order valence-corrected chi connectivity index (χ4v) is 8.88. The summed E-state index contributed by atoms with van der Waals surface area (Å²) >= 11 is 6.24. The zero-order valence-electron chi connectivity index (χ0n) is 21.4. The maximum absolute atomic E-state index is 13.7. The Morgan fingerprint density at radius 2 is 1.62 bits per heavy atom. The molecule has 5 atom stereocenters. The summed E-state index contributed by atoms with van der Waals surface area (Å²) < 4.78 is 73.5. The van der Waals surface area contributed by atoms with Gasteiger partial charge in [-0.1, -0.05) is 18.5 Å². The molecule has 6 rings (SSSR count). The first-order valence-electron chi connectivity index (χ1n) is 12.9. The second-order valence-corrected chi connectivity index (χ2v) is 13.7. The van der Waals surface area contributed by atoms with Gasteiger partial charge in [-0.05, 0) is 48.8 Å². The molecule has 4 fully saturated rings. The number of hydrogen-bond acceptors (Lipinski definition) is 7. The number of aliphatic hydroxyl groups excluding tert-OH is 2. The molecular formula is C27H29ClF3NO7S. The number of ether oxygens (including phenoxy) is 1. The Kier molecular flexibility index (Phi) is 7.73. The third kappa shape index (κ3) is 5.03. The number of fused-ring (bicyclic) bond motifs is 2. The highest BCUT2D eigenvalue weighted by Crippen LogP contribution is 2.59. The lowest BCUT2D eigenvalue weighted by Gasteiger charge is -2.62. The molecule has 40 heavy (non-hydrogen) atoms. The van der Waals surface area contributed by atoms with Crippen LogP contribution >= 0.6 is 11.6 Å². The van der Waals surface area contributed by atoms with Gasteiger partial charge in [-0.3, -0.25) is 4.79 Å². The number of halogens is 4. The lowest BCUT2D eigenvalue weighted by molar-refractivity contribution is -0.247. The molecule has 0 aliphatic heterocycles. The Labute approximate surface area is 234 Å². The molecule has 4 aliphatic carbocycles. The van der Waals surface area contributed by atoms with Crippen LogP contribution in [0.25, 0.3) is 0 Å². The number of hydrogen-bond donors (Lipinski definition) is 4. The zero-order valence-corrected chi connectivity index (χ0v) is 22.9. The number of nitrogens with one attached hydrogen (secondary N) is 1. The molecule has 2 unspecified atom stereocenters. The van der Waals surface area contributed by atoms with E-state index >= 15 is 0 Å². The van der Waals surface area contributed by atoms with Gasteiger partial charge >= 0.3 is 0 Å². The lowest BCUT2D eigenvalue weighted by atomic mass is 9.48. The van der Waals surface area contributed by atoms with E-state index in [9.17, 15) is 41.7 Å². The van der Waals surface area contributed by atoms with Crippen molar-refractivity contribution in [1.82, 2.24) is 0 Å². The van der Waals surface area contributed by atoms with Gasteiger partial charge in [0.25, 0.3) is 5.91 Å². The van der Waals surface area contributed by atoms with Crippen molar-refractivity contribution in [2.24, 2.45) is 17.8 Å². The minimum Gasteiger partial charge on any atom is -0.390 e. The molecule has 8 nitrogen and oxygen atoms in total. The Bertz CT molecular complexity index is 1390. The van der Waals surface area contributed by atoms with E-state index < -0.39 is 62.4 Å². The third-order valence-electron chi connectivity index (χ3n) is 8.77. The number of aliphatic hydroxyl groups is 3. The molecule has 4 saturated carbocycles. The van der Waals surface area contributed by atoms with Gasteiger partial charge in [0.15, 0.2) is 27.3 Å². The Morgan fingerprint density at radius 1 is 1.05 bits per heavy atom. The van der Waals surface area contributed by atoms with Crippen LogP contribution in [0.1, 0.15) is 43.0 Å². The third-order valence-corrected chi connectivity index (χ3v) is 11.4. The molecule has 2 aromatic carbocycles. The average molecular weight is 604 g/mol. The predicted molar refractivity (Wildman–Crippen MR) is 138 cm³/mol. The van der Waals surface area contributed by atoms with Gasteiger partial charge in [0.2, 0.25) is 0 Å². The fourth-order valence-electron chi connectivity index (χ4n) is 6.52. The van der Waals surface area contributed by atoms with Crippen LogP contribution in [0, 0.1) is 35.2 Å². The Morgan fingerprint density at radius 3 is 2.20 bits per heavy atom. The largest absolute Gasteiger partial charge is 0.390 e. The topological polar surface area (TPSA) is 133 Å². The molecule has 0 radical (unpaired) electrons. The molecular weight excluding hydrogens is 575 g/mol. The minimum absolute atomic E-state index is 0.0372. The van der Waals surface area contributed by atoms with E-state index in [2.05, 4.69) is 5.32 Å². The minimum atomic E-state index is -4.06. The van der Waals surface area contributed by atoms with Gasteiger partial charge < -0.3 is 25.4 Å². The second-order valence-electron chi connectivity index (χ2n) is 11.1. The summed E-state index contributed by atoms with van der Waals surface area (Å²) in [5, 5.41) is 32.1.